The van der Waals surface area contributed by atoms with Gasteiger partial charge in [0.05, 0.1) is 11.6 Å². The fourth-order valence-electron chi connectivity index (χ4n) is 3.12. The molecule has 1 aliphatic heterocycles. The van der Waals surface area contributed by atoms with Gasteiger partial charge in [-0.1, -0.05) is 49.4 Å². The lowest BCUT2D eigenvalue weighted by Crippen LogP contribution is -2.31. The molecule has 0 bridgehead atoms. The highest BCUT2D eigenvalue weighted by molar-refractivity contribution is 6.16. The molecule has 1 amide bonds. The van der Waals surface area contributed by atoms with Crippen LogP contribution in [-0.4, -0.2) is 16.8 Å². The number of hydrogen-bond acceptors (Lipinski definition) is 3. The Labute approximate surface area is 141 Å². The first-order valence-corrected chi connectivity index (χ1v) is 7.96. The Balaban J connectivity index is 2.22. The molecule has 4 heteroatoms. The lowest BCUT2D eigenvalue weighted by molar-refractivity contribution is -0.118. The minimum atomic E-state index is -0.603. The van der Waals surface area contributed by atoms with Crippen LogP contribution in [0.3, 0.4) is 0 Å². The van der Waals surface area contributed by atoms with Crippen LogP contribution < -0.4 is 4.90 Å². The number of aryl methyl sites for hydroxylation is 1. The van der Waals surface area contributed by atoms with Crippen LogP contribution in [0.15, 0.2) is 65.9 Å². The molecule has 0 radical (unpaired) electrons. The number of anilines is 1. The molecule has 0 aliphatic carbocycles. The largest absolute Gasteiger partial charge is 0.503 e. The second kappa shape index (κ2) is 6.32. The summed E-state index contributed by atoms with van der Waals surface area (Å²) in [6.45, 7) is 3.67. The number of carbonyl (C=O) groups is 2. The van der Waals surface area contributed by atoms with Crippen LogP contribution in [0.4, 0.5) is 5.69 Å². The number of para-hydroxylation sites is 1. The van der Waals surface area contributed by atoms with Gasteiger partial charge in [0.25, 0.3) is 5.91 Å². The lowest BCUT2D eigenvalue weighted by Gasteiger charge is -2.28. The van der Waals surface area contributed by atoms with E-state index in [0.29, 0.717) is 5.69 Å². The molecule has 0 saturated carbocycles. The number of amides is 1. The number of aliphatic hydroxyl groups excluding tert-OH is 1. The van der Waals surface area contributed by atoms with Gasteiger partial charge in [0.1, 0.15) is 0 Å². The van der Waals surface area contributed by atoms with Crippen molar-refractivity contribution in [3.63, 3.8) is 0 Å². The molecular weight excluding hydrogens is 302 g/mol. The molecule has 0 spiro atoms. The number of benzene rings is 2. The summed E-state index contributed by atoms with van der Waals surface area (Å²) in [6.07, 6.45) is 0.234. The fourth-order valence-corrected chi connectivity index (χ4v) is 3.12. The highest BCUT2D eigenvalue weighted by Gasteiger charge is 2.44. The average Bonchev–Trinajstić information content (AvgIpc) is 2.87. The Bertz CT molecular complexity index is 824. The zero-order valence-corrected chi connectivity index (χ0v) is 13.7. The summed E-state index contributed by atoms with van der Waals surface area (Å²) in [5, 5.41) is 10.4. The summed E-state index contributed by atoms with van der Waals surface area (Å²) in [5.41, 5.74) is 2.64. The third-order valence-corrected chi connectivity index (χ3v) is 4.35. The Kier molecular flexibility index (Phi) is 4.21. The molecule has 2 aromatic carbocycles. The van der Waals surface area contributed by atoms with Gasteiger partial charge < -0.3 is 5.11 Å². The maximum atomic E-state index is 12.7. The Hall–Kier alpha value is -2.88. The molecule has 1 N–H and O–H groups in total. The zero-order valence-electron chi connectivity index (χ0n) is 13.7. The molecule has 0 fully saturated rings. The van der Waals surface area contributed by atoms with Crippen LogP contribution in [0.5, 0.6) is 0 Å². The first kappa shape index (κ1) is 16.0. The molecule has 1 heterocycles. The molecule has 1 atom stereocenters. The Morgan fingerprint density at radius 1 is 1.08 bits per heavy atom. The number of aliphatic hydroxyl groups is 1. The third kappa shape index (κ3) is 2.50. The molecule has 3 rings (SSSR count). The third-order valence-electron chi connectivity index (χ3n) is 4.35. The van der Waals surface area contributed by atoms with Crippen LogP contribution in [-0.2, 0) is 9.59 Å². The predicted molar refractivity (Wildman–Crippen MR) is 92.8 cm³/mol. The van der Waals surface area contributed by atoms with E-state index in [-0.39, 0.29) is 17.8 Å². The number of rotatable bonds is 4. The van der Waals surface area contributed by atoms with Crippen molar-refractivity contribution in [1.29, 1.82) is 0 Å². The Morgan fingerprint density at radius 2 is 1.71 bits per heavy atom. The maximum Gasteiger partial charge on any atom is 0.294 e. The molecule has 1 aliphatic rings. The second-order valence-electron chi connectivity index (χ2n) is 5.81. The van der Waals surface area contributed by atoms with E-state index in [1.165, 1.54) is 4.90 Å². The van der Waals surface area contributed by atoms with Crippen LogP contribution in [0.2, 0.25) is 0 Å². The van der Waals surface area contributed by atoms with Gasteiger partial charge in [-0.3, -0.25) is 14.5 Å². The quantitative estimate of drug-likeness (QED) is 0.930. The van der Waals surface area contributed by atoms with Crippen molar-refractivity contribution in [2.45, 2.75) is 26.3 Å². The maximum absolute atomic E-state index is 12.7. The van der Waals surface area contributed by atoms with Crippen molar-refractivity contribution < 1.29 is 14.7 Å². The number of hydrogen-bond donors (Lipinski definition) is 1. The number of carbonyl (C=O) groups excluding carboxylic acids is 2. The van der Waals surface area contributed by atoms with E-state index in [4.69, 9.17) is 0 Å². The van der Waals surface area contributed by atoms with Crippen molar-refractivity contribution in [1.82, 2.24) is 0 Å². The molecule has 0 saturated heterocycles. The predicted octanol–water partition coefficient (Wildman–Crippen LogP) is 3.87. The minimum Gasteiger partial charge on any atom is -0.503 e. The van der Waals surface area contributed by atoms with Gasteiger partial charge in [-0.15, -0.1) is 0 Å². The first-order chi connectivity index (χ1) is 11.6. The smallest absolute Gasteiger partial charge is 0.294 e. The van der Waals surface area contributed by atoms with Gasteiger partial charge in [-0.05, 0) is 30.2 Å². The van der Waals surface area contributed by atoms with Crippen molar-refractivity contribution >= 4 is 17.4 Å². The average molecular weight is 321 g/mol. The van der Waals surface area contributed by atoms with Crippen LogP contribution in [0.25, 0.3) is 0 Å². The van der Waals surface area contributed by atoms with E-state index < -0.39 is 17.7 Å². The van der Waals surface area contributed by atoms with E-state index >= 15 is 0 Å². The van der Waals surface area contributed by atoms with Crippen LogP contribution in [0, 0.1) is 6.92 Å². The summed E-state index contributed by atoms with van der Waals surface area (Å²) in [5.74, 6) is -1.20. The van der Waals surface area contributed by atoms with Crippen LogP contribution >= 0.6 is 0 Å². The van der Waals surface area contributed by atoms with E-state index in [0.717, 1.165) is 11.1 Å². The number of nitrogens with zero attached hydrogens (tertiary/aromatic N) is 1. The lowest BCUT2D eigenvalue weighted by atomic mass is 9.92. The van der Waals surface area contributed by atoms with Crippen molar-refractivity contribution in [2.75, 3.05) is 4.90 Å². The standard InChI is InChI=1S/C20H19NO3/c1-3-16(22)17-18(15-12-8-7-9-13(15)2)21(20(24)19(17)23)14-10-5-4-6-11-14/h4-12,18,23H,3H2,1-2H3. The highest BCUT2D eigenvalue weighted by Crippen LogP contribution is 2.42. The summed E-state index contributed by atoms with van der Waals surface area (Å²) in [7, 11) is 0. The fraction of sp³-hybridized carbons (Fsp3) is 0.200. The van der Waals surface area contributed by atoms with Gasteiger partial charge in [0.2, 0.25) is 0 Å². The summed E-state index contributed by atoms with van der Waals surface area (Å²) in [4.78, 5) is 26.6. The summed E-state index contributed by atoms with van der Waals surface area (Å²) in [6, 6.07) is 16.1. The molecule has 2 aromatic rings. The Morgan fingerprint density at radius 3 is 2.33 bits per heavy atom. The summed E-state index contributed by atoms with van der Waals surface area (Å²) >= 11 is 0. The van der Waals surface area contributed by atoms with E-state index in [1.54, 1.807) is 19.1 Å². The molecular formula is C20H19NO3. The van der Waals surface area contributed by atoms with Gasteiger partial charge in [0.15, 0.2) is 11.5 Å². The van der Waals surface area contributed by atoms with Gasteiger partial charge >= 0.3 is 0 Å². The second-order valence-corrected chi connectivity index (χ2v) is 5.81. The molecule has 24 heavy (non-hydrogen) atoms. The van der Waals surface area contributed by atoms with E-state index in [2.05, 4.69) is 0 Å². The van der Waals surface area contributed by atoms with Crippen molar-refractivity contribution in [2.24, 2.45) is 0 Å². The highest BCUT2D eigenvalue weighted by atomic mass is 16.3. The summed E-state index contributed by atoms with van der Waals surface area (Å²) < 4.78 is 0. The van der Waals surface area contributed by atoms with E-state index in [1.807, 2.05) is 49.4 Å². The minimum absolute atomic E-state index is 0.181. The number of ketones is 1. The van der Waals surface area contributed by atoms with Gasteiger partial charge in [0, 0.05) is 12.1 Å². The molecule has 4 nitrogen and oxygen atoms in total. The molecule has 1 unspecified atom stereocenters. The molecule has 0 aromatic heterocycles. The van der Waals surface area contributed by atoms with Crippen molar-refractivity contribution in [3.8, 4) is 0 Å². The van der Waals surface area contributed by atoms with E-state index in [9.17, 15) is 14.7 Å². The zero-order chi connectivity index (χ0) is 17.3. The normalized spacial score (nSPS) is 17.5. The first-order valence-electron chi connectivity index (χ1n) is 7.96. The number of Topliss-reactive ketones (excluding diaryl/α,β-unsaturated/α-hetero) is 1. The van der Waals surface area contributed by atoms with Crippen LogP contribution in [0.1, 0.15) is 30.5 Å². The topological polar surface area (TPSA) is 57.6 Å². The SMILES string of the molecule is CCC(=O)C1=C(O)C(=O)N(c2ccccc2)C1c1ccccc1C. The van der Waals surface area contributed by atoms with Gasteiger partial charge in [-0.2, -0.15) is 0 Å². The monoisotopic (exact) mass is 321 g/mol. The molecule has 122 valence electrons. The van der Waals surface area contributed by atoms with Crippen molar-refractivity contribution in [3.05, 3.63) is 77.1 Å². The van der Waals surface area contributed by atoms with Gasteiger partial charge in [-0.25, -0.2) is 0 Å².